The highest BCUT2D eigenvalue weighted by molar-refractivity contribution is 6.23. The van der Waals surface area contributed by atoms with E-state index in [4.69, 9.17) is 14.7 Å². The molecule has 4 rings (SSSR count). The zero-order chi connectivity index (χ0) is 24.7. The van der Waals surface area contributed by atoms with Crippen molar-refractivity contribution in [1.82, 2.24) is 0 Å². The fourth-order valence-electron chi connectivity index (χ4n) is 5.47. The predicted molar refractivity (Wildman–Crippen MR) is 104 cm³/mol. The van der Waals surface area contributed by atoms with Crippen molar-refractivity contribution in [1.29, 1.82) is 5.26 Å². The molecule has 3 heterocycles. The van der Waals surface area contributed by atoms with Crippen LogP contribution >= 0.6 is 0 Å². The van der Waals surface area contributed by atoms with Gasteiger partial charge in [-0.3, -0.25) is 9.59 Å². The Kier molecular flexibility index (Phi) is 4.76. The molecule has 3 unspecified atom stereocenters. The predicted octanol–water partition coefficient (Wildman–Crippen LogP) is 2.32. The Balaban J connectivity index is 1.79. The van der Waals surface area contributed by atoms with E-state index in [0.717, 1.165) is 12.1 Å². The minimum Gasteiger partial charge on any atom is -0.461 e. The molecule has 8 nitrogen and oxygen atoms in total. The van der Waals surface area contributed by atoms with Gasteiger partial charge in [0.1, 0.15) is 5.60 Å². The van der Waals surface area contributed by atoms with E-state index in [0.29, 0.717) is 11.0 Å². The van der Waals surface area contributed by atoms with E-state index in [9.17, 15) is 32.7 Å². The van der Waals surface area contributed by atoms with Crippen LogP contribution in [-0.2, 0) is 30.0 Å². The first-order valence-electron chi connectivity index (χ1n) is 10.2. The second kappa shape index (κ2) is 6.77. The molecule has 2 amide bonds. The Labute approximate surface area is 186 Å². The summed E-state index contributed by atoms with van der Waals surface area (Å²) in [6.07, 6.45) is -5.77. The van der Waals surface area contributed by atoms with Gasteiger partial charge in [-0.2, -0.15) is 18.4 Å². The quantitative estimate of drug-likeness (QED) is 0.537. The third-order valence-electron chi connectivity index (χ3n) is 6.80. The summed E-state index contributed by atoms with van der Waals surface area (Å²) in [4.78, 5) is 40.1. The maximum absolute atomic E-state index is 13.4. The van der Waals surface area contributed by atoms with Crippen molar-refractivity contribution in [2.24, 2.45) is 11.8 Å². The van der Waals surface area contributed by atoms with Crippen molar-refractivity contribution in [2.45, 2.75) is 63.2 Å². The van der Waals surface area contributed by atoms with Crippen molar-refractivity contribution in [3.8, 4) is 6.07 Å². The van der Waals surface area contributed by atoms with Crippen LogP contribution in [0.1, 0.15) is 45.2 Å². The monoisotopic (exact) mass is 466 g/mol. The summed E-state index contributed by atoms with van der Waals surface area (Å²) in [5, 5.41) is 20.3. The molecule has 176 valence electrons. The van der Waals surface area contributed by atoms with Gasteiger partial charge in [0, 0.05) is 6.42 Å². The van der Waals surface area contributed by atoms with Gasteiger partial charge in [-0.1, -0.05) is 0 Å². The lowest BCUT2D eigenvalue weighted by atomic mass is 9.61. The first kappa shape index (κ1) is 23.2. The molecule has 33 heavy (non-hydrogen) atoms. The number of hydrogen-bond donors (Lipinski definition) is 1. The number of carbonyl (C=O) groups is 3. The van der Waals surface area contributed by atoms with Crippen LogP contribution in [-0.4, -0.2) is 45.8 Å². The number of halogens is 3. The number of imide groups is 1. The molecule has 11 heteroatoms. The van der Waals surface area contributed by atoms with Gasteiger partial charge in [0.25, 0.3) is 0 Å². The summed E-state index contributed by atoms with van der Waals surface area (Å²) < 4.78 is 51.4. The number of carbonyl (C=O) groups excluding carboxylic acids is 3. The van der Waals surface area contributed by atoms with Gasteiger partial charge in [0.15, 0.2) is 5.60 Å². The Morgan fingerprint density at radius 1 is 1.27 bits per heavy atom. The summed E-state index contributed by atoms with van der Waals surface area (Å²) in [7, 11) is 0. The number of anilines is 1. The largest absolute Gasteiger partial charge is 0.461 e. The molecular weight excluding hydrogens is 445 g/mol. The molecule has 0 aromatic heterocycles. The SMILES string of the molecule is CC(C)OC(=O)[C@]1(O)CC2(C)OC1(C)C1C(=O)N(c3ccc(C#N)c(C(F)(F)F)c3)C(=O)[C@@H]12. The van der Waals surface area contributed by atoms with E-state index in [1.54, 1.807) is 13.8 Å². The number of benzene rings is 1. The van der Waals surface area contributed by atoms with Gasteiger partial charge >= 0.3 is 12.1 Å². The van der Waals surface area contributed by atoms with Gasteiger partial charge in [-0.25, -0.2) is 9.69 Å². The van der Waals surface area contributed by atoms with Crippen LogP contribution in [0.3, 0.4) is 0 Å². The van der Waals surface area contributed by atoms with Crippen LogP contribution in [0.5, 0.6) is 0 Å². The molecule has 0 saturated carbocycles. The highest BCUT2D eigenvalue weighted by atomic mass is 19.4. The van der Waals surface area contributed by atoms with Crippen LogP contribution < -0.4 is 4.90 Å². The number of nitriles is 1. The maximum Gasteiger partial charge on any atom is 0.417 e. The molecule has 3 aliphatic rings. The molecule has 0 aliphatic carbocycles. The number of rotatable bonds is 3. The highest BCUT2D eigenvalue weighted by Crippen LogP contribution is 2.65. The summed E-state index contributed by atoms with van der Waals surface area (Å²) >= 11 is 0. The van der Waals surface area contributed by atoms with E-state index in [-0.39, 0.29) is 12.1 Å². The number of alkyl halides is 3. The van der Waals surface area contributed by atoms with Crippen LogP contribution in [0.2, 0.25) is 0 Å². The van der Waals surface area contributed by atoms with E-state index in [2.05, 4.69) is 0 Å². The molecule has 1 N–H and O–H groups in total. The third kappa shape index (κ3) is 2.93. The van der Waals surface area contributed by atoms with Crippen LogP contribution in [0.25, 0.3) is 0 Å². The molecular formula is C22H21F3N2O6. The highest BCUT2D eigenvalue weighted by Gasteiger charge is 2.82. The van der Waals surface area contributed by atoms with Crippen LogP contribution in [0.15, 0.2) is 18.2 Å². The molecule has 5 atom stereocenters. The second-order valence-corrected chi connectivity index (χ2v) is 9.32. The summed E-state index contributed by atoms with van der Waals surface area (Å²) in [6, 6.07) is 3.98. The summed E-state index contributed by atoms with van der Waals surface area (Å²) in [5.41, 5.74) is -7.79. The molecule has 0 spiro atoms. The van der Waals surface area contributed by atoms with Gasteiger partial charge in [-0.15, -0.1) is 0 Å². The van der Waals surface area contributed by atoms with E-state index in [1.807, 2.05) is 0 Å². The number of esters is 1. The molecule has 0 radical (unpaired) electrons. The van der Waals surface area contributed by atoms with Gasteiger partial charge in [-0.05, 0) is 45.9 Å². The zero-order valence-electron chi connectivity index (χ0n) is 18.2. The normalized spacial score (nSPS) is 35.2. The van der Waals surface area contributed by atoms with E-state index in [1.165, 1.54) is 19.9 Å². The fourth-order valence-corrected chi connectivity index (χ4v) is 5.47. The lowest BCUT2D eigenvalue weighted by molar-refractivity contribution is -0.191. The van der Waals surface area contributed by atoms with Crippen LogP contribution in [0.4, 0.5) is 18.9 Å². The fraction of sp³-hybridized carbons (Fsp3) is 0.545. The molecule has 3 aliphatic heterocycles. The number of amides is 2. The summed E-state index contributed by atoms with van der Waals surface area (Å²) in [5.74, 6) is -5.14. The minimum atomic E-state index is -4.89. The first-order chi connectivity index (χ1) is 15.1. The van der Waals surface area contributed by atoms with Crippen LogP contribution in [0, 0.1) is 23.2 Å². The van der Waals surface area contributed by atoms with Crippen molar-refractivity contribution in [3.05, 3.63) is 29.3 Å². The molecule has 3 saturated heterocycles. The Morgan fingerprint density at radius 3 is 2.42 bits per heavy atom. The Bertz CT molecular complexity index is 1130. The lowest BCUT2D eigenvalue weighted by Crippen LogP contribution is -2.63. The zero-order valence-corrected chi connectivity index (χ0v) is 18.2. The maximum atomic E-state index is 13.4. The molecule has 3 fully saturated rings. The van der Waals surface area contributed by atoms with Crippen molar-refractivity contribution in [3.63, 3.8) is 0 Å². The smallest absolute Gasteiger partial charge is 0.417 e. The minimum absolute atomic E-state index is 0.322. The second-order valence-electron chi connectivity index (χ2n) is 9.32. The van der Waals surface area contributed by atoms with Crippen molar-refractivity contribution >= 4 is 23.5 Å². The van der Waals surface area contributed by atoms with Gasteiger partial charge in [0.2, 0.25) is 11.8 Å². The number of ether oxygens (including phenoxy) is 2. The topological polar surface area (TPSA) is 117 Å². The Morgan fingerprint density at radius 2 is 1.88 bits per heavy atom. The van der Waals surface area contributed by atoms with E-state index >= 15 is 0 Å². The summed E-state index contributed by atoms with van der Waals surface area (Å²) in [6.45, 7) is 5.97. The van der Waals surface area contributed by atoms with E-state index < -0.39 is 69.8 Å². The Hall–Kier alpha value is -2.97. The van der Waals surface area contributed by atoms with Crippen molar-refractivity contribution in [2.75, 3.05) is 4.90 Å². The lowest BCUT2D eigenvalue weighted by Gasteiger charge is -2.40. The van der Waals surface area contributed by atoms with Crippen molar-refractivity contribution < 1.29 is 42.1 Å². The first-order valence-corrected chi connectivity index (χ1v) is 10.2. The van der Waals surface area contributed by atoms with Gasteiger partial charge in [0.05, 0.1) is 46.4 Å². The number of fused-ring (bicyclic) bond motifs is 5. The number of nitrogens with zero attached hydrogens (tertiary/aromatic N) is 2. The van der Waals surface area contributed by atoms with Gasteiger partial charge < -0.3 is 14.6 Å². The third-order valence-corrected chi connectivity index (χ3v) is 6.80. The standard InChI is InChI=1S/C22H21F3N2O6/c1-10(2)32-18(30)21(31)9-19(3)14-15(20(21,4)33-19)17(29)27(16(14)28)12-6-5-11(8-26)13(7-12)22(23,24)25/h5-7,10,14-15,31H,9H2,1-4H3/t14-,15?,19?,20?,21-/m1/s1. The average Bonchev–Trinajstić information content (AvgIpc) is 3.19. The number of hydrogen-bond acceptors (Lipinski definition) is 7. The average molecular weight is 466 g/mol. The number of aliphatic hydroxyl groups is 1. The molecule has 1 aromatic carbocycles. The molecule has 2 bridgehead atoms. The molecule has 1 aromatic rings.